The first-order valence-corrected chi connectivity index (χ1v) is 5.85. The number of nitrogens with two attached hydrogens (primary N) is 2. The molecule has 0 aromatic rings. The minimum atomic E-state index is -0.714. The maximum atomic E-state index is 11.8. The molecule has 0 aliphatic rings. The summed E-state index contributed by atoms with van der Waals surface area (Å²) in [6.07, 6.45) is 2.50. The summed E-state index contributed by atoms with van der Waals surface area (Å²) in [6.45, 7) is 5.59. The normalized spacial score (nSPS) is 12.2. The average Bonchev–Trinajstić information content (AvgIpc) is 2.24. The third kappa shape index (κ3) is 5.70. The van der Waals surface area contributed by atoms with E-state index in [0.29, 0.717) is 12.8 Å². The van der Waals surface area contributed by atoms with E-state index in [9.17, 15) is 9.59 Å². The number of carbonyl (C=O) groups is 2. The summed E-state index contributed by atoms with van der Waals surface area (Å²) in [5.74, 6) is -0.495. The van der Waals surface area contributed by atoms with E-state index in [0.717, 1.165) is 25.9 Å². The van der Waals surface area contributed by atoms with E-state index >= 15 is 0 Å². The van der Waals surface area contributed by atoms with Gasteiger partial charge in [0.2, 0.25) is 11.8 Å². The van der Waals surface area contributed by atoms with E-state index in [1.807, 2.05) is 18.7 Å². The molecule has 94 valence electrons. The van der Waals surface area contributed by atoms with Crippen LogP contribution in [0.1, 0.15) is 39.5 Å². The quantitative estimate of drug-likeness (QED) is 0.624. The lowest BCUT2D eigenvalue weighted by Crippen LogP contribution is -2.38. The van der Waals surface area contributed by atoms with Gasteiger partial charge in [-0.3, -0.25) is 9.59 Å². The van der Waals surface area contributed by atoms with Crippen molar-refractivity contribution in [2.24, 2.45) is 11.5 Å². The maximum absolute atomic E-state index is 11.8. The Morgan fingerprint density at radius 3 is 2.06 bits per heavy atom. The van der Waals surface area contributed by atoms with Crippen LogP contribution in [0.3, 0.4) is 0 Å². The van der Waals surface area contributed by atoms with Gasteiger partial charge in [-0.15, -0.1) is 0 Å². The minimum absolute atomic E-state index is 0.0559. The average molecular weight is 229 g/mol. The molecular formula is C11H23N3O2. The summed E-state index contributed by atoms with van der Waals surface area (Å²) in [4.78, 5) is 24.3. The first-order valence-electron chi connectivity index (χ1n) is 5.85. The van der Waals surface area contributed by atoms with Gasteiger partial charge in [0.05, 0.1) is 6.04 Å². The standard InChI is InChI=1S/C11H23N3O2/c1-3-7-14(8-4-2)10(15)6-5-9(12)11(13)16/h9H,3-8,12H2,1-2H3,(H2,13,16). The number of hydrogen-bond acceptors (Lipinski definition) is 3. The lowest BCUT2D eigenvalue weighted by Gasteiger charge is -2.21. The Labute approximate surface area is 97.2 Å². The number of hydrogen-bond donors (Lipinski definition) is 2. The molecule has 4 N–H and O–H groups in total. The molecule has 0 radical (unpaired) electrons. The van der Waals surface area contributed by atoms with Crippen LogP contribution in [-0.2, 0) is 9.59 Å². The highest BCUT2D eigenvalue weighted by atomic mass is 16.2. The number of amides is 2. The highest BCUT2D eigenvalue weighted by molar-refractivity contribution is 5.81. The second-order valence-electron chi connectivity index (χ2n) is 3.93. The highest BCUT2D eigenvalue weighted by Gasteiger charge is 2.15. The van der Waals surface area contributed by atoms with Crippen LogP contribution in [0.5, 0.6) is 0 Å². The molecule has 2 amide bonds. The molecule has 1 atom stereocenters. The van der Waals surface area contributed by atoms with E-state index in [1.54, 1.807) is 0 Å². The molecule has 16 heavy (non-hydrogen) atoms. The van der Waals surface area contributed by atoms with Crippen molar-refractivity contribution in [2.45, 2.75) is 45.6 Å². The van der Waals surface area contributed by atoms with Crippen LogP contribution in [0, 0.1) is 0 Å². The maximum Gasteiger partial charge on any atom is 0.234 e. The van der Waals surface area contributed by atoms with Gasteiger partial charge in [0, 0.05) is 19.5 Å². The summed E-state index contributed by atoms with van der Waals surface area (Å²) in [6, 6.07) is -0.714. The second kappa shape index (κ2) is 8.10. The predicted octanol–water partition coefficient (Wildman–Crippen LogP) is 0.228. The zero-order valence-electron chi connectivity index (χ0n) is 10.2. The van der Waals surface area contributed by atoms with Crippen LogP contribution in [0.4, 0.5) is 0 Å². The van der Waals surface area contributed by atoms with E-state index in [4.69, 9.17) is 11.5 Å². The lowest BCUT2D eigenvalue weighted by atomic mass is 10.1. The minimum Gasteiger partial charge on any atom is -0.368 e. The van der Waals surface area contributed by atoms with Crippen molar-refractivity contribution in [1.29, 1.82) is 0 Å². The zero-order chi connectivity index (χ0) is 12.6. The highest BCUT2D eigenvalue weighted by Crippen LogP contribution is 2.02. The van der Waals surface area contributed by atoms with Crippen molar-refractivity contribution < 1.29 is 9.59 Å². The van der Waals surface area contributed by atoms with E-state index in [-0.39, 0.29) is 5.91 Å². The molecule has 0 aromatic heterocycles. The Hall–Kier alpha value is -1.10. The second-order valence-corrected chi connectivity index (χ2v) is 3.93. The fraction of sp³-hybridized carbons (Fsp3) is 0.818. The molecule has 0 saturated carbocycles. The lowest BCUT2D eigenvalue weighted by molar-refractivity contribution is -0.131. The van der Waals surface area contributed by atoms with Gasteiger partial charge in [0.1, 0.15) is 0 Å². The Morgan fingerprint density at radius 2 is 1.69 bits per heavy atom. The topological polar surface area (TPSA) is 89.4 Å². The molecule has 1 unspecified atom stereocenters. The largest absolute Gasteiger partial charge is 0.368 e. The van der Waals surface area contributed by atoms with Crippen LogP contribution in [0.15, 0.2) is 0 Å². The van der Waals surface area contributed by atoms with Crippen LogP contribution in [0.25, 0.3) is 0 Å². The van der Waals surface area contributed by atoms with Crippen LogP contribution < -0.4 is 11.5 Å². The van der Waals surface area contributed by atoms with Crippen molar-refractivity contribution in [3.63, 3.8) is 0 Å². The molecule has 5 nitrogen and oxygen atoms in total. The molecule has 0 fully saturated rings. The van der Waals surface area contributed by atoms with Crippen molar-refractivity contribution in [1.82, 2.24) is 4.90 Å². The number of rotatable bonds is 8. The smallest absolute Gasteiger partial charge is 0.234 e. The first kappa shape index (κ1) is 14.9. The summed E-state index contributed by atoms with van der Waals surface area (Å²) in [7, 11) is 0. The fourth-order valence-corrected chi connectivity index (χ4v) is 1.48. The van der Waals surface area contributed by atoms with Gasteiger partial charge in [0.15, 0.2) is 0 Å². The van der Waals surface area contributed by atoms with Gasteiger partial charge in [-0.05, 0) is 19.3 Å². The third-order valence-electron chi connectivity index (χ3n) is 2.37. The van der Waals surface area contributed by atoms with E-state index in [1.165, 1.54) is 0 Å². The van der Waals surface area contributed by atoms with Crippen LogP contribution >= 0.6 is 0 Å². The van der Waals surface area contributed by atoms with Gasteiger partial charge in [-0.1, -0.05) is 13.8 Å². The van der Waals surface area contributed by atoms with Crippen molar-refractivity contribution in [2.75, 3.05) is 13.1 Å². The third-order valence-corrected chi connectivity index (χ3v) is 2.37. The molecular weight excluding hydrogens is 206 g/mol. The van der Waals surface area contributed by atoms with Gasteiger partial charge in [-0.25, -0.2) is 0 Å². The fourth-order valence-electron chi connectivity index (χ4n) is 1.48. The van der Waals surface area contributed by atoms with Crippen molar-refractivity contribution in [3.05, 3.63) is 0 Å². The Bertz CT molecular complexity index is 225. The van der Waals surface area contributed by atoms with Gasteiger partial charge >= 0.3 is 0 Å². The van der Waals surface area contributed by atoms with Gasteiger partial charge in [-0.2, -0.15) is 0 Å². The summed E-state index contributed by atoms with van der Waals surface area (Å²) < 4.78 is 0. The molecule has 0 saturated heterocycles. The van der Waals surface area contributed by atoms with E-state index in [2.05, 4.69) is 0 Å². The Kier molecular flexibility index (Phi) is 7.54. The molecule has 0 spiro atoms. The number of nitrogens with zero attached hydrogens (tertiary/aromatic N) is 1. The molecule has 0 aliphatic carbocycles. The molecule has 0 rings (SSSR count). The number of carbonyl (C=O) groups excluding carboxylic acids is 2. The van der Waals surface area contributed by atoms with Gasteiger partial charge in [0.25, 0.3) is 0 Å². The van der Waals surface area contributed by atoms with E-state index < -0.39 is 11.9 Å². The molecule has 0 bridgehead atoms. The van der Waals surface area contributed by atoms with Gasteiger partial charge < -0.3 is 16.4 Å². The summed E-state index contributed by atoms with van der Waals surface area (Å²) in [5, 5.41) is 0. The monoisotopic (exact) mass is 229 g/mol. The van der Waals surface area contributed by atoms with Crippen LogP contribution in [-0.4, -0.2) is 35.8 Å². The summed E-state index contributed by atoms with van der Waals surface area (Å²) >= 11 is 0. The zero-order valence-corrected chi connectivity index (χ0v) is 10.2. The SMILES string of the molecule is CCCN(CCC)C(=O)CCC(N)C(N)=O. The Balaban J connectivity index is 4.04. The number of primary amides is 1. The molecule has 5 heteroatoms. The molecule has 0 aliphatic heterocycles. The predicted molar refractivity (Wildman–Crippen MR) is 63.6 cm³/mol. The van der Waals surface area contributed by atoms with Crippen molar-refractivity contribution >= 4 is 11.8 Å². The first-order chi connectivity index (χ1) is 7.52. The van der Waals surface area contributed by atoms with Crippen molar-refractivity contribution in [3.8, 4) is 0 Å². The molecule has 0 heterocycles. The summed E-state index contributed by atoms with van der Waals surface area (Å²) in [5.41, 5.74) is 10.5. The Morgan fingerprint density at radius 1 is 1.19 bits per heavy atom. The van der Waals surface area contributed by atoms with Crippen LogP contribution in [0.2, 0.25) is 0 Å². The molecule has 0 aromatic carbocycles.